The van der Waals surface area contributed by atoms with Gasteiger partial charge in [0.15, 0.2) is 0 Å². The second-order valence-electron chi connectivity index (χ2n) is 8.76. The summed E-state index contributed by atoms with van der Waals surface area (Å²) in [4.78, 5) is 16.7. The van der Waals surface area contributed by atoms with E-state index in [1.807, 2.05) is 63.7 Å². The van der Waals surface area contributed by atoms with Gasteiger partial charge in [-0.05, 0) is 38.4 Å². The van der Waals surface area contributed by atoms with Crippen LogP contribution in [-0.4, -0.2) is 72.5 Å². The minimum absolute atomic E-state index is 0.431. The van der Waals surface area contributed by atoms with E-state index in [1.54, 1.807) is 13.3 Å². The number of ether oxygens (including phenoxy) is 1. The van der Waals surface area contributed by atoms with Crippen molar-refractivity contribution in [3.8, 4) is 17.0 Å². The van der Waals surface area contributed by atoms with Crippen LogP contribution in [0.4, 0.5) is 23.0 Å². The van der Waals surface area contributed by atoms with Gasteiger partial charge < -0.3 is 35.3 Å². The van der Waals surface area contributed by atoms with Crippen LogP contribution in [0.25, 0.3) is 22.2 Å². The molecule has 9 heteroatoms. The van der Waals surface area contributed by atoms with Crippen molar-refractivity contribution in [3.05, 3.63) is 67.5 Å². The van der Waals surface area contributed by atoms with Crippen LogP contribution in [0.1, 0.15) is 0 Å². The molecule has 2 aromatic carbocycles. The second kappa shape index (κ2) is 11.1. The molecular weight excluding hydrogens is 454 g/mol. The lowest BCUT2D eigenvalue weighted by molar-refractivity contribution is 0.253. The van der Waals surface area contributed by atoms with Gasteiger partial charge in [0.1, 0.15) is 12.0 Å². The fourth-order valence-electron chi connectivity index (χ4n) is 3.93. The molecule has 9 nitrogen and oxygen atoms in total. The predicted octanol–water partition coefficient (Wildman–Crippen LogP) is 4.29. The smallest absolute Gasteiger partial charge is 0.227 e. The largest absolute Gasteiger partial charge is 0.494 e. The van der Waals surface area contributed by atoms with E-state index < -0.39 is 6.23 Å². The number of aromatic amines is 1. The standard InChI is InChI=1S/C27H33N7O2/c1-6-26(35)30-22-15-23(25(36-5)16-24(22)34(4)14-13-33(2)3)32-27-28-12-11-21(31-27)19-17-29-20-10-8-7-9-18(19)20/h6-12,15-17,26,29-30,35H,1,13-14H2,2-5H3,(H,28,31,32). The van der Waals surface area contributed by atoms with Gasteiger partial charge in [0.25, 0.3) is 0 Å². The van der Waals surface area contributed by atoms with Crippen LogP contribution < -0.4 is 20.3 Å². The summed E-state index contributed by atoms with van der Waals surface area (Å²) in [6, 6.07) is 13.8. The first-order chi connectivity index (χ1) is 17.4. The Morgan fingerprint density at radius 2 is 1.94 bits per heavy atom. The van der Waals surface area contributed by atoms with Gasteiger partial charge in [-0.15, -0.1) is 0 Å². The number of H-pyrrole nitrogens is 1. The van der Waals surface area contributed by atoms with E-state index in [2.05, 4.69) is 43.0 Å². The maximum atomic E-state index is 10.2. The molecule has 0 aliphatic heterocycles. The Labute approximate surface area is 211 Å². The molecule has 2 heterocycles. The number of aliphatic hydroxyl groups excluding tert-OH is 1. The Morgan fingerprint density at radius 3 is 2.69 bits per heavy atom. The van der Waals surface area contributed by atoms with E-state index in [0.717, 1.165) is 46.6 Å². The maximum absolute atomic E-state index is 10.2. The van der Waals surface area contributed by atoms with Crippen LogP contribution >= 0.6 is 0 Å². The SMILES string of the molecule is C=CC(O)Nc1cc(Nc2nccc(-c3c[nH]c4ccccc34)n2)c(OC)cc1N(C)CCN(C)C. The molecule has 0 bridgehead atoms. The highest BCUT2D eigenvalue weighted by Crippen LogP contribution is 2.38. The third-order valence-corrected chi connectivity index (χ3v) is 5.91. The summed E-state index contributed by atoms with van der Waals surface area (Å²) in [5, 5.41) is 17.7. The molecule has 0 saturated carbocycles. The van der Waals surface area contributed by atoms with Gasteiger partial charge in [-0.1, -0.05) is 24.8 Å². The van der Waals surface area contributed by atoms with Crippen molar-refractivity contribution in [2.24, 2.45) is 0 Å². The molecule has 1 unspecified atom stereocenters. The molecule has 0 amide bonds. The number of aliphatic hydroxyl groups is 1. The highest BCUT2D eigenvalue weighted by Gasteiger charge is 2.17. The quantitative estimate of drug-likeness (QED) is 0.184. The number of rotatable bonds is 11. The van der Waals surface area contributed by atoms with Crippen LogP contribution in [0.3, 0.4) is 0 Å². The van der Waals surface area contributed by atoms with Gasteiger partial charge >= 0.3 is 0 Å². The molecule has 0 aliphatic carbocycles. The van der Waals surface area contributed by atoms with Gasteiger partial charge in [0.2, 0.25) is 5.95 Å². The molecule has 0 radical (unpaired) electrons. The molecule has 1 atom stereocenters. The number of methoxy groups -OCH3 is 1. The first-order valence-electron chi connectivity index (χ1n) is 11.7. The van der Waals surface area contributed by atoms with Crippen molar-refractivity contribution >= 4 is 33.9 Å². The number of hydrogen-bond acceptors (Lipinski definition) is 8. The fourth-order valence-corrected chi connectivity index (χ4v) is 3.93. The molecule has 188 valence electrons. The molecular formula is C27H33N7O2. The average molecular weight is 488 g/mol. The van der Waals surface area contributed by atoms with Crippen molar-refractivity contribution < 1.29 is 9.84 Å². The minimum Gasteiger partial charge on any atom is -0.494 e. The van der Waals surface area contributed by atoms with Crippen LogP contribution in [-0.2, 0) is 0 Å². The van der Waals surface area contributed by atoms with Crippen LogP contribution in [0.5, 0.6) is 5.75 Å². The number of fused-ring (bicyclic) bond motifs is 1. The van der Waals surface area contributed by atoms with Crippen molar-refractivity contribution in [3.63, 3.8) is 0 Å². The highest BCUT2D eigenvalue weighted by atomic mass is 16.5. The lowest BCUT2D eigenvalue weighted by Gasteiger charge is -2.27. The predicted molar refractivity (Wildman–Crippen MR) is 147 cm³/mol. The Morgan fingerprint density at radius 1 is 1.14 bits per heavy atom. The molecule has 4 rings (SSSR count). The maximum Gasteiger partial charge on any atom is 0.227 e. The Kier molecular flexibility index (Phi) is 7.72. The van der Waals surface area contributed by atoms with Crippen molar-refractivity contribution in [1.82, 2.24) is 19.9 Å². The zero-order valence-corrected chi connectivity index (χ0v) is 21.1. The van der Waals surface area contributed by atoms with E-state index in [1.165, 1.54) is 6.08 Å². The van der Waals surface area contributed by atoms with Crippen molar-refractivity contribution in [2.45, 2.75) is 6.23 Å². The van der Waals surface area contributed by atoms with Crippen molar-refractivity contribution in [1.29, 1.82) is 0 Å². The molecule has 2 aromatic heterocycles. The summed E-state index contributed by atoms with van der Waals surface area (Å²) >= 11 is 0. The Hall–Kier alpha value is -4.08. The number of nitrogens with one attached hydrogen (secondary N) is 3. The summed E-state index contributed by atoms with van der Waals surface area (Å²) in [5.74, 6) is 1.06. The summed E-state index contributed by atoms with van der Waals surface area (Å²) in [5.41, 5.74) is 5.11. The van der Waals surface area contributed by atoms with Crippen LogP contribution in [0.2, 0.25) is 0 Å². The summed E-state index contributed by atoms with van der Waals surface area (Å²) in [6.45, 7) is 5.34. The van der Waals surface area contributed by atoms with Gasteiger partial charge in [0, 0.05) is 55.1 Å². The number of benzene rings is 2. The molecule has 4 N–H and O–H groups in total. The molecule has 4 aromatic rings. The van der Waals surface area contributed by atoms with Crippen LogP contribution in [0, 0.1) is 0 Å². The number of nitrogens with zero attached hydrogens (tertiary/aromatic N) is 4. The topological polar surface area (TPSA) is 102 Å². The molecule has 0 spiro atoms. The first-order valence-corrected chi connectivity index (χ1v) is 11.7. The highest BCUT2D eigenvalue weighted by molar-refractivity contribution is 5.94. The monoisotopic (exact) mass is 487 g/mol. The second-order valence-corrected chi connectivity index (χ2v) is 8.76. The number of anilines is 4. The summed E-state index contributed by atoms with van der Waals surface area (Å²) in [7, 11) is 7.70. The zero-order valence-electron chi connectivity index (χ0n) is 21.1. The lowest BCUT2D eigenvalue weighted by Crippen LogP contribution is -2.29. The fraction of sp³-hybridized carbons (Fsp3) is 0.259. The summed E-state index contributed by atoms with van der Waals surface area (Å²) in [6.07, 6.45) is 4.21. The van der Waals surface area contributed by atoms with Gasteiger partial charge in [-0.25, -0.2) is 9.97 Å². The normalized spacial score (nSPS) is 11.9. The van der Waals surface area contributed by atoms with E-state index >= 15 is 0 Å². The molecule has 36 heavy (non-hydrogen) atoms. The average Bonchev–Trinajstić information content (AvgIpc) is 3.32. The van der Waals surface area contributed by atoms with Crippen molar-refractivity contribution in [2.75, 3.05) is 56.9 Å². The number of hydrogen-bond donors (Lipinski definition) is 4. The van der Waals surface area contributed by atoms with Gasteiger partial charge in [-0.2, -0.15) is 0 Å². The lowest BCUT2D eigenvalue weighted by atomic mass is 10.1. The molecule has 0 fully saturated rings. The van der Waals surface area contributed by atoms with Crippen LogP contribution in [0.15, 0.2) is 67.5 Å². The third-order valence-electron chi connectivity index (χ3n) is 5.91. The third kappa shape index (κ3) is 5.59. The minimum atomic E-state index is -0.909. The van der Waals surface area contributed by atoms with E-state index in [0.29, 0.717) is 17.4 Å². The number of likely N-dealkylation sites (N-methyl/N-ethyl adjacent to an activating group) is 2. The van der Waals surface area contributed by atoms with E-state index in [9.17, 15) is 5.11 Å². The first kappa shape index (κ1) is 25.0. The van der Waals surface area contributed by atoms with Gasteiger partial charge in [0.05, 0.1) is 29.9 Å². The Balaban J connectivity index is 1.68. The number of aromatic nitrogens is 3. The molecule has 0 aliphatic rings. The Bertz CT molecular complexity index is 1330. The van der Waals surface area contributed by atoms with Gasteiger partial charge in [-0.3, -0.25) is 0 Å². The summed E-state index contributed by atoms with van der Waals surface area (Å²) < 4.78 is 5.71. The molecule has 0 saturated heterocycles. The number of para-hydroxylation sites is 1. The van der Waals surface area contributed by atoms with E-state index in [-0.39, 0.29) is 0 Å². The van der Waals surface area contributed by atoms with E-state index in [4.69, 9.17) is 9.72 Å². The zero-order chi connectivity index (χ0) is 25.7.